The van der Waals surface area contributed by atoms with Crippen LogP contribution in [0.15, 0.2) is 51.6 Å². The van der Waals surface area contributed by atoms with Crippen LogP contribution in [0.4, 0.5) is 0 Å². The lowest BCUT2D eigenvalue weighted by Crippen LogP contribution is -2.33. The Bertz CT molecular complexity index is 874. The molecule has 0 aliphatic heterocycles. The molecule has 29 heavy (non-hydrogen) atoms. The van der Waals surface area contributed by atoms with E-state index in [-0.39, 0.29) is 5.91 Å². The van der Waals surface area contributed by atoms with Crippen LogP contribution in [-0.2, 0) is 22.5 Å². The van der Waals surface area contributed by atoms with Crippen molar-refractivity contribution in [2.24, 2.45) is 0 Å². The number of carbonyl (C=O) groups is 1. The van der Waals surface area contributed by atoms with E-state index in [1.807, 2.05) is 36.4 Å². The number of furan rings is 1. The summed E-state index contributed by atoms with van der Waals surface area (Å²) in [5.74, 6) is 2.58. The van der Waals surface area contributed by atoms with Gasteiger partial charge < -0.3 is 23.3 Å². The van der Waals surface area contributed by atoms with Gasteiger partial charge in [-0.15, -0.1) is 0 Å². The molecule has 0 radical (unpaired) electrons. The van der Waals surface area contributed by atoms with Crippen LogP contribution >= 0.6 is 0 Å². The van der Waals surface area contributed by atoms with Gasteiger partial charge in [0.05, 0.1) is 26.5 Å². The number of aromatic nitrogens is 2. The first-order valence-electron chi connectivity index (χ1n) is 9.45. The highest BCUT2D eigenvalue weighted by Gasteiger charge is 2.16. The average Bonchev–Trinajstić information content (AvgIpc) is 3.43. The number of aryl methyl sites for hydroxylation is 1. The van der Waals surface area contributed by atoms with Crippen LogP contribution in [0, 0.1) is 0 Å². The number of carbonyl (C=O) groups excluding carboxylic acids is 1. The highest BCUT2D eigenvalue weighted by Crippen LogP contribution is 2.20. The second-order valence-corrected chi connectivity index (χ2v) is 6.48. The molecule has 0 saturated carbocycles. The van der Waals surface area contributed by atoms with Crippen LogP contribution in [0.5, 0.6) is 5.75 Å². The number of ether oxygens (including phenoxy) is 2. The van der Waals surface area contributed by atoms with Gasteiger partial charge in [0.25, 0.3) is 0 Å². The van der Waals surface area contributed by atoms with E-state index >= 15 is 0 Å². The zero-order valence-electron chi connectivity index (χ0n) is 16.7. The van der Waals surface area contributed by atoms with Crippen molar-refractivity contribution in [2.45, 2.75) is 25.8 Å². The van der Waals surface area contributed by atoms with E-state index in [2.05, 4.69) is 10.1 Å². The van der Waals surface area contributed by atoms with Crippen molar-refractivity contribution >= 4 is 5.91 Å². The van der Waals surface area contributed by atoms with E-state index in [4.69, 9.17) is 18.4 Å². The molecule has 0 spiro atoms. The molecule has 154 valence electrons. The van der Waals surface area contributed by atoms with E-state index in [9.17, 15) is 4.79 Å². The number of methoxy groups -OCH3 is 2. The third kappa shape index (κ3) is 5.92. The second-order valence-electron chi connectivity index (χ2n) is 6.48. The highest BCUT2D eigenvalue weighted by molar-refractivity contribution is 5.76. The molecule has 0 fully saturated rings. The fourth-order valence-electron chi connectivity index (χ4n) is 2.85. The Kier molecular flexibility index (Phi) is 7.40. The maximum absolute atomic E-state index is 12.6. The Balaban J connectivity index is 1.51. The number of benzene rings is 1. The Morgan fingerprint density at radius 1 is 1.17 bits per heavy atom. The van der Waals surface area contributed by atoms with Crippen LogP contribution in [0.25, 0.3) is 11.4 Å². The van der Waals surface area contributed by atoms with Crippen LogP contribution in [0.2, 0.25) is 0 Å². The number of nitrogens with zero attached hydrogens (tertiary/aromatic N) is 3. The summed E-state index contributed by atoms with van der Waals surface area (Å²) in [6.07, 6.45) is 3.13. The molecule has 0 aliphatic carbocycles. The van der Waals surface area contributed by atoms with Crippen molar-refractivity contribution in [3.8, 4) is 17.1 Å². The topological polar surface area (TPSA) is 90.8 Å². The maximum Gasteiger partial charge on any atom is 0.226 e. The van der Waals surface area contributed by atoms with Gasteiger partial charge in [0, 0.05) is 32.1 Å². The van der Waals surface area contributed by atoms with E-state index in [1.54, 1.807) is 25.4 Å². The molecule has 0 aliphatic rings. The van der Waals surface area contributed by atoms with Crippen LogP contribution in [0.3, 0.4) is 0 Å². The summed E-state index contributed by atoms with van der Waals surface area (Å²) < 4.78 is 20.9. The molecule has 3 rings (SSSR count). The summed E-state index contributed by atoms with van der Waals surface area (Å²) in [7, 11) is 3.24. The molecular weight excluding hydrogens is 374 g/mol. The van der Waals surface area contributed by atoms with E-state index in [0.29, 0.717) is 50.7 Å². The Morgan fingerprint density at radius 3 is 2.69 bits per heavy atom. The molecule has 0 atom stereocenters. The van der Waals surface area contributed by atoms with Crippen molar-refractivity contribution in [3.05, 3.63) is 54.3 Å². The van der Waals surface area contributed by atoms with Gasteiger partial charge in [-0.3, -0.25) is 4.79 Å². The van der Waals surface area contributed by atoms with Gasteiger partial charge in [0.15, 0.2) is 0 Å². The molecule has 0 unspecified atom stereocenters. The first-order valence-corrected chi connectivity index (χ1v) is 9.45. The molecule has 2 heterocycles. The normalized spacial score (nSPS) is 10.8. The number of rotatable bonds is 11. The fraction of sp³-hybridized carbons (Fsp3) is 0.381. The van der Waals surface area contributed by atoms with Gasteiger partial charge in [-0.2, -0.15) is 4.98 Å². The summed E-state index contributed by atoms with van der Waals surface area (Å²) in [4.78, 5) is 18.7. The molecule has 0 saturated heterocycles. The fourth-order valence-corrected chi connectivity index (χ4v) is 2.85. The third-order valence-corrected chi connectivity index (χ3v) is 4.44. The van der Waals surface area contributed by atoms with Crippen LogP contribution in [-0.4, -0.2) is 48.3 Å². The zero-order valence-corrected chi connectivity index (χ0v) is 16.7. The lowest BCUT2D eigenvalue weighted by molar-refractivity contribution is -0.132. The quantitative estimate of drug-likeness (QED) is 0.488. The van der Waals surface area contributed by atoms with Crippen LogP contribution < -0.4 is 4.74 Å². The molecule has 8 heteroatoms. The molecule has 3 aromatic rings. The van der Waals surface area contributed by atoms with Gasteiger partial charge in [-0.1, -0.05) is 5.16 Å². The molecular formula is C21H25N3O5. The number of hydrogen-bond acceptors (Lipinski definition) is 7. The zero-order chi connectivity index (χ0) is 20.5. The highest BCUT2D eigenvalue weighted by atomic mass is 16.5. The number of amides is 1. The van der Waals surface area contributed by atoms with E-state index in [0.717, 1.165) is 17.1 Å². The second kappa shape index (κ2) is 10.4. The smallest absolute Gasteiger partial charge is 0.226 e. The number of hydrogen-bond donors (Lipinski definition) is 0. The lowest BCUT2D eigenvalue weighted by Gasteiger charge is -2.21. The molecule has 1 amide bonds. The van der Waals surface area contributed by atoms with Crippen molar-refractivity contribution in [1.82, 2.24) is 15.0 Å². The predicted molar refractivity (Wildman–Crippen MR) is 105 cm³/mol. The van der Waals surface area contributed by atoms with E-state index < -0.39 is 0 Å². The first kappa shape index (κ1) is 20.6. The van der Waals surface area contributed by atoms with Gasteiger partial charge in [-0.25, -0.2) is 0 Å². The van der Waals surface area contributed by atoms with Crippen molar-refractivity contribution in [1.29, 1.82) is 0 Å². The summed E-state index contributed by atoms with van der Waals surface area (Å²) >= 11 is 0. The molecule has 0 N–H and O–H groups in total. The standard InChI is InChI=1S/C21H25N3O5/c1-26-14-12-24(15-18-5-4-13-28-18)20(25)7-3-6-19-22-21(23-29-19)16-8-10-17(27-2)11-9-16/h4-5,8-11,13H,3,6-7,12,14-15H2,1-2H3. The summed E-state index contributed by atoms with van der Waals surface area (Å²) in [5, 5.41) is 4.01. The molecule has 2 aromatic heterocycles. The van der Waals surface area contributed by atoms with Gasteiger partial charge in [0.1, 0.15) is 11.5 Å². The maximum atomic E-state index is 12.6. The SMILES string of the molecule is COCCN(Cc1ccco1)C(=O)CCCc1nc(-c2ccc(OC)cc2)no1. The van der Waals surface area contributed by atoms with Crippen molar-refractivity contribution in [2.75, 3.05) is 27.4 Å². The first-order chi connectivity index (χ1) is 14.2. The minimum absolute atomic E-state index is 0.0355. The van der Waals surface area contributed by atoms with Gasteiger partial charge in [-0.05, 0) is 42.8 Å². The minimum Gasteiger partial charge on any atom is -0.497 e. The minimum atomic E-state index is 0.0355. The van der Waals surface area contributed by atoms with Gasteiger partial charge in [0.2, 0.25) is 17.6 Å². The summed E-state index contributed by atoms with van der Waals surface area (Å²) in [6.45, 7) is 1.41. The monoisotopic (exact) mass is 399 g/mol. The third-order valence-electron chi connectivity index (χ3n) is 4.44. The molecule has 8 nitrogen and oxygen atoms in total. The Labute approximate surface area is 169 Å². The van der Waals surface area contributed by atoms with E-state index in [1.165, 1.54) is 0 Å². The largest absolute Gasteiger partial charge is 0.497 e. The van der Waals surface area contributed by atoms with Crippen molar-refractivity contribution < 1.29 is 23.2 Å². The summed E-state index contributed by atoms with van der Waals surface area (Å²) in [5.41, 5.74) is 0.848. The Morgan fingerprint density at radius 2 is 2.00 bits per heavy atom. The summed E-state index contributed by atoms with van der Waals surface area (Å²) in [6, 6.07) is 11.1. The average molecular weight is 399 g/mol. The van der Waals surface area contributed by atoms with Crippen molar-refractivity contribution in [3.63, 3.8) is 0 Å². The molecule has 0 bridgehead atoms. The molecule has 1 aromatic carbocycles. The lowest BCUT2D eigenvalue weighted by atomic mass is 10.2. The van der Waals surface area contributed by atoms with Gasteiger partial charge >= 0.3 is 0 Å². The predicted octanol–water partition coefficient (Wildman–Crippen LogP) is 3.34. The Hall–Kier alpha value is -3.13. The van der Waals surface area contributed by atoms with Crippen LogP contribution in [0.1, 0.15) is 24.5 Å².